The minimum atomic E-state index is -1.17. The predicted octanol–water partition coefficient (Wildman–Crippen LogP) is 1.45. The summed E-state index contributed by atoms with van der Waals surface area (Å²) >= 11 is 0. The van der Waals surface area contributed by atoms with Crippen LogP contribution in [0.25, 0.3) is 0 Å². The van der Waals surface area contributed by atoms with Crippen molar-refractivity contribution in [2.45, 2.75) is 102 Å². The molecule has 47 heavy (non-hydrogen) atoms. The van der Waals surface area contributed by atoms with Crippen molar-refractivity contribution in [1.82, 2.24) is 36.1 Å². The summed E-state index contributed by atoms with van der Waals surface area (Å²) in [6.45, 7) is 7.41. The maximum absolute atomic E-state index is 13.9. The molecule has 0 bridgehead atoms. The van der Waals surface area contributed by atoms with Gasteiger partial charge in [-0.25, -0.2) is 4.98 Å². The molecular formula is C34H47N7O6. The molecule has 1 aromatic heterocycles. The molecule has 254 valence electrons. The zero-order valence-electron chi connectivity index (χ0n) is 27.3. The lowest BCUT2D eigenvalue weighted by molar-refractivity contribution is -0.144. The van der Waals surface area contributed by atoms with Crippen molar-refractivity contribution < 1.29 is 28.8 Å². The van der Waals surface area contributed by atoms with Crippen molar-refractivity contribution in [2.75, 3.05) is 13.1 Å². The quantitative estimate of drug-likeness (QED) is 0.118. The SMILES string of the molecule is C#CCCC(NC(=O)C1[C@@H](CCC)CCN1C(=O)[C@H](C)NC(=O)C(NC(=O)c1cnccn1)C1CCCCC1)C(=O)C(=O)NCC=C. The van der Waals surface area contributed by atoms with E-state index in [0.29, 0.717) is 12.8 Å². The highest BCUT2D eigenvalue weighted by atomic mass is 16.2. The highest BCUT2D eigenvalue weighted by Crippen LogP contribution is 2.30. The van der Waals surface area contributed by atoms with E-state index in [0.717, 1.165) is 38.5 Å². The lowest BCUT2D eigenvalue weighted by atomic mass is 9.83. The van der Waals surface area contributed by atoms with E-state index in [4.69, 9.17) is 6.42 Å². The number of nitrogens with one attached hydrogen (secondary N) is 4. The van der Waals surface area contributed by atoms with Crippen LogP contribution in [-0.4, -0.2) is 87.4 Å². The van der Waals surface area contributed by atoms with Crippen LogP contribution < -0.4 is 21.3 Å². The second-order valence-corrected chi connectivity index (χ2v) is 12.2. The number of rotatable bonds is 16. The van der Waals surface area contributed by atoms with Gasteiger partial charge in [-0.3, -0.25) is 33.8 Å². The van der Waals surface area contributed by atoms with Crippen molar-refractivity contribution in [3.63, 3.8) is 0 Å². The standard InChI is InChI=1S/C34H47N7O6/c1-5-8-15-25(29(42)33(46)37-17-7-3)39-32(45)28-24(12-6-2)16-20-41(28)34(47)22(4)38-31(44)27(23-13-10-9-11-14-23)40-30(43)26-21-35-18-19-36-26/h1,7,18-19,21-25,27-28H,3,6,8-17,20H2,2,4H3,(H,37,46)(H,38,44)(H,39,45)(H,40,43)/t22-,24-,25?,27?,28?/m0/s1. The first-order valence-electron chi connectivity index (χ1n) is 16.5. The minimum absolute atomic E-state index is 0.0526. The van der Waals surface area contributed by atoms with Crippen molar-refractivity contribution in [2.24, 2.45) is 11.8 Å². The molecule has 1 aliphatic carbocycles. The molecule has 1 saturated heterocycles. The van der Waals surface area contributed by atoms with Crippen LogP contribution >= 0.6 is 0 Å². The molecule has 2 fully saturated rings. The van der Waals surface area contributed by atoms with Crippen molar-refractivity contribution in [3.8, 4) is 12.3 Å². The predicted molar refractivity (Wildman–Crippen MR) is 174 cm³/mol. The molecule has 4 N–H and O–H groups in total. The number of Topliss-reactive ketones (excluding diaryl/α,β-unsaturated/α-hetero) is 1. The van der Waals surface area contributed by atoms with Gasteiger partial charge in [-0.1, -0.05) is 38.7 Å². The Bertz CT molecular complexity index is 1320. The van der Waals surface area contributed by atoms with Gasteiger partial charge in [0.25, 0.3) is 11.8 Å². The second kappa shape index (κ2) is 18.5. The molecule has 1 saturated carbocycles. The van der Waals surface area contributed by atoms with E-state index >= 15 is 0 Å². The zero-order valence-corrected chi connectivity index (χ0v) is 27.3. The molecule has 5 atom stereocenters. The number of aromatic nitrogens is 2. The molecule has 3 rings (SSSR count). The largest absolute Gasteiger partial charge is 0.346 e. The van der Waals surface area contributed by atoms with Gasteiger partial charge in [0.05, 0.1) is 12.2 Å². The number of nitrogens with zero attached hydrogens (tertiary/aromatic N) is 3. The van der Waals surface area contributed by atoms with Crippen LogP contribution in [0.5, 0.6) is 0 Å². The molecular weight excluding hydrogens is 602 g/mol. The average molecular weight is 650 g/mol. The molecule has 13 nitrogen and oxygen atoms in total. The molecule has 0 aromatic carbocycles. The van der Waals surface area contributed by atoms with Crippen molar-refractivity contribution >= 4 is 35.3 Å². The van der Waals surface area contributed by atoms with Gasteiger partial charge in [-0.2, -0.15) is 0 Å². The van der Waals surface area contributed by atoms with E-state index in [9.17, 15) is 28.8 Å². The molecule has 13 heteroatoms. The van der Waals surface area contributed by atoms with E-state index < -0.39 is 59.5 Å². The summed E-state index contributed by atoms with van der Waals surface area (Å²) in [6, 6.07) is -3.99. The molecule has 0 radical (unpaired) electrons. The number of carbonyl (C=O) groups excluding carboxylic acids is 6. The number of terminal acetylenes is 1. The summed E-state index contributed by atoms with van der Waals surface area (Å²) in [7, 11) is 0. The van der Waals surface area contributed by atoms with Crippen molar-refractivity contribution in [3.05, 3.63) is 36.9 Å². The monoisotopic (exact) mass is 649 g/mol. The number of hydrogen-bond acceptors (Lipinski definition) is 8. The van der Waals surface area contributed by atoms with Gasteiger partial charge in [-0.15, -0.1) is 18.9 Å². The summed E-state index contributed by atoms with van der Waals surface area (Å²) in [5.74, 6) is -1.63. The fourth-order valence-corrected chi connectivity index (χ4v) is 6.41. The van der Waals surface area contributed by atoms with Crippen LogP contribution in [0.1, 0.15) is 88.5 Å². The highest BCUT2D eigenvalue weighted by molar-refractivity contribution is 6.38. The van der Waals surface area contributed by atoms with Crippen LogP contribution in [-0.2, 0) is 24.0 Å². The topological polar surface area (TPSA) is 180 Å². The van der Waals surface area contributed by atoms with Crippen LogP contribution in [0.4, 0.5) is 0 Å². The summed E-state index contributed by atoms with van der Waals surface area (Å²) in [5, 5.41) is 10.7. The normalized spacial score (nSPS) is 19.7. The van der Waals surface area contributed by atoms with Crippen LogP contribution in [0, 0.1) is 24.2 Å². The van der Waals surface area contributed by atoms with E-state index in [1.807, 2.05) is 6.92 Å². The van der Waals surface area contributed by atoms with Crippen LogP contribution in [0.15, 0.2) is 31.2 Å². The molecule has 1 aliphatic heterocycles. The van der Waals surface area contributed by atoms with E-state index in [1.54, 1.807) is 6.92 Å². The number of ketones is 1. The molecule has 1 aromatic rings. The Morgan fingerprint density at radius 3 is 2.47 bits per heavy atom. The first kappa shape index (κ1) is 36.9. The van der Waals surface area contributed by atoms with E-state index in [2.05, 4.69) is 43.7 Å². The fourth-order valence-electron chi connectivity index (χ4n) is 6.41. The van der Waals surface area contributed by atoms with Gasteiger partial charge < -0.3 is 26.2 Å². The lowest BCUT2D eigenvalue weighted by Gasteiger charge is -2.33. The first-order chi connectivity index (χ1) is 22.6. The van der Waals surface area contributed by atoms with Gasteiger partial charge >= 0.3 is 0 Å². The second-order valence-electron chi connectivity index (χ2n) is 12.2. The molecule has 5 amide bonds. The van der Waals surface area contributed by atoms with Gasteiger partial charge in [0.1, 0.15) is 23.8 Å². The third-order valence-electron chi connectivity index (χ3n) is 8.79. The first-order valence-corrected chi connectivity index (χ1v) is 16.5. The summed E-state index contributed by atoms with van der Waals surface area (Å²) in [4.78, 5) is 89.0. The van der Waals surface area contributed by atoms with Crippen LogP contribution in [0.2, 0.25) is 0 Å². The Balaban J connectivity index is 1.77. The Hall–Kier alpha value is -4.60. The maximum atomic E-state index is 13.9. The number of hydrogen-bond donors (Lipinski definition) is 4. The zero-order chi connectivity index (χ0) is 34.3. The van der Waals surface area contributed by atoms with Gasteiger partial charge in [0.2, 0.25) is 23.5 Å². The smallest absolute Gasteiger partial charge is 0.289 e. The lowest BCUT2D eigenvalue weighted by Crippen LogP contribution is -2.59. The third kappa shape index (κ3) is 10.2. The third-order valence-corrected chi connectivity index (χ3v) is 8.79. The fraction of sp³-hybridized carbons (Fsp3) is 0.588. The Labute approximate surface area is 276 Å². The summed E-state index contributed by atoms with van der Waals surface area (Å²) in [5.41, 5.74) is 0.0790. The van der Waals surface area contributed by atoms with Gasteiger partial charge in [-0.05, 0) is 50.9 Å². The molecule has 3 unspecified atom stereocenters. The Morgan fingerprint density at radius 1 is 1.09 bits per heavy atom. The van der Waals surface area contributed by atoms with Crippen molar-refractivity contribution in [1.29, 1.82) is 0 Å². The Morgan fingerprint density at radius 2 is 1.83 bits per heavy atom. The molecule has 2 heterocycles. The molecule has 2 aliphatic rings. The van der Waals surface area contributed by atoms with E-state index in [1.165, 1.54) is 29.6 Å². The molecule has 0 spiro atoms. The maximum Gasteiger partial charge on any atom is 0.289 e. The Kier molecular flexibility index (Phi) is 14.5. The number of amides is 5. The van der Waals surface area contributed by atoms with Gasteiger partial charge in [0.15, 0.2) is 0 Å². The minimum Gasteiger partial charge on any atom is -0.346 e. The number of carbonyl (C=O) groups is 6. The summed E-state index contributed by atoms with van der Waals surface area (Å²) in [6.07, 6.45) is 17.6. The van der Waals surface area contributed by atoms with Gasteiger partial charge in [0, 0.05) is 31.9 Å². The van der Waals surface area contributed by atoms with Crippen LogP contribution in [0.3, 0.4) is 0 Å². The summed E-state index contributed by atoms with van der Waals surface area (Å²) < 4.78 is 0. The highest BCUT2D eigenvalue weighted by Gasteiger charge is 2.44. The average Bonchev–Trinajstić information content (AvgIpc) is 3.51. The number of likely N-dealkylation sites (tertiary alicyclic amines) is 1. The van der Waals surface area contributed by atoms with E-state index in [-0.39, 0.29) is 43.5 Å².